The molecule has 0 saturated carbocycles. The van der Waals surface area contributed by atoms with Crippen LogP contribution in [0.1, 0.15) is 12.8 Å². The zero-order valence-corrected chi connectivity index (χ0v) is 78.8. The van der Waals surface area contributed by atoms with Crippen molar-refractivity contribution in [2.24, 2.45) is 5.41 Å². The molecule has 4 saturated heterocycles. The van der Waals surface area contributed by atoms with E-state index in [0.29, 0.717) is 0 Å². The molecule has 0 unspecified atom stereocenters. The molecule has 4 aliphatic rings. The second-order valence-corrected chi connectivity index (χ2v) is 35.0. The molecular weight excluding hydrogens is 1820 g/mol. The van der Waals surface area contributed by atoms with Gasteiger partial charge in [-0.05, 0) is 6.42 Å². The summed E-state index contributed by atoms with van der Waals surface area (Å²) in [5.74, 6) is -20.3. The first-order valence-electron chi connectivity index (χ1n) is 45.0. The van der Waals surface area contributed by atoms with Crippen LogP contribution in [-0.2, 0) is 95.9 Å². The van der Waals surface area contributed by atoms with Crippen molar-refractivity contribution in [3.63, 3.8) is 0 Å². The number of carboxylic acid groups (broad SMARTS) is 12. The van der Waals surface area contributed by atoms with E-state index in [1.807, 2.05) is 0 Å². The fraction of sp³-hybridized carbons (Fsp3) is 0.756. The minimum atomic E-state index is -1.75. The fourth-order valence-electron chi connectivity index (χ4n) is 15.6. The lowest BCUT2D eigenvalue weighted by atomic mass is 9.81. The van der Waals surface area contributed by atoms with Crippen LogP contribution in [0.15, 0.2) is 0 Å². The van der Waals surface area contributed by atoms with E-state index in [9.17, 15) is 157 Å². The van der Waals surface area contributed by atoms with Crippen molar-refractivity contribution < 1.29 is 157 Å². The van der Waals surface area contributed by atoms with Crippen molar-refractivity contribution in [2.75, 3.05) is 388 Å². The third-order valence-corrected chi connectivity index (χ3v) is 23.6. The summed E-state index contributed by atoms with van der Waals surface area (Å²) >= 11 is 0. The maximum absolute atomic E-state index is 14.7. The number of Topliss-reactive ketones (excluding diaryl/α,β-unsaturated/α-hetero) is 1. The molecule has 0 aliphatic carbocycles. The molecule has 0 aromatic heterocycles. The van der Waals surface area contributed by atoms with Gasteiger partial charge < -0.3 is 96.8 Å². The molecule has 137 heavy (non-hydrogen) atoms. The Morgan fingerprint density at radius 2 is 0.314 bits per heavy atom. The molecular formula is C82H141N23O32. The second kappa shape index (κ2) is 62.7. The summed E-state index contributed by atoms with van der Waals surface area (Å²) in [6.45, 7) is -10.2. The Bertz CT molecular complexity index is 3390. The number of carbonyl (C=O) groups is 20. The fourth-order valence-corrected chi connectivity index (χ4v) is 15.6. The number of amides is 7. The van der Waals surface area contributed by atoms with Crippen LogP contribution >= 0.6 is 0 Å². The maximum atomic E-state index is 14.7. The van der Waals surface area contributed by atoms with Crippen LogP contribution in [0.2, 0.25) is 0 Å². The predicted octanol–water partition coefficient (Wildman–Crippen LogP) is -12.6. The Morgan fingerprint density at radius 1 is 0.197 bits per heavy atom. The lowest BCUT2D eigenvalue weighted by molar-refractivity contribution is -0.141. The minimum absolute atomic E-state index is 0.0140. The van der Waals surface area contributed by atoms with Gasteiger partial charge >= 0.3 is 71.6 Å². The Morgan fingerprint density at radius 3 is 0.438 bits per heavy atom. The molecule has 0 bridgehead atoms. The number of nitrogens with one attached hydrogen (secondary N) is 3. The molecule has 0 radical (unpaired) electrons. The van der Waals surface area contributed by atoms with Crippen LogP contribution in [0.25, 0.3) is 0 Å². The first-order chi connectivity index (χ1) is 64.6. The van der Waals surface area contributed by atoms with E-state index in [-0.39, 0.29) is 209 Å². The highest BCUT2D eigenvalue weighted by Crippen LogP contribution is 2.24. The van der Waals surface area contributed by atoms with E-state index in [0.717, 1.165) is 19.6 Å². The van der Waals surface area contributed by atoms with Crippen molar-refractivity contribution in [2.45, 2.75) is 12.8 Å². The lowest BCUT2D eigenvalue weighted by Crippen LogP contribution is -2.55. The molecule has 776 valence electrons. The zero-order valence-electron chi connectivity index (χ0n) is 78.8. The Kier molecular flexibility index (Phi) is 54.2. The van der Waals surface area contributed by atoms with E-state index < -0.39 is 288 Å². The van der Waals surface area contributed by atoms with Gasteiger partial charge in [-0.3, -0.25) is 174 Å². The molecule has 4 aliphatic heterocycles. The lowest BCUT2D eigenvalue weighted by Gasteiger charge is -2.36. The number of rotatable bonds is 49. The summed E-state index contributed by atoms with van der Waals surface area (Å²) in [5, 5.41) is 126. The monoisotopic (exact) mass is 1960 g/mol. The summed E-state index contributed by atoms with van der Waals surface area (Å²) in [6, 6.07) is 0. The molecule has 4 fully saturated rings. The third-order valence-electron chi connectivity index (χ3n) is 23.6. The zero-order chi connectivity index (χ0) is 102. The highest BCUT2D eigenvalue weighted by atomic mass is 16.4. The summed E-state index contributed by atoms with van der Waals surface area (Å²) in [4.78, 5) is 290. The third kappa shape index (κ3) is 52.9. The quantitative estimate of drug-likeness (QED) is 0.0269. The highest BCUT2D eigenvalue weighted by molar-refractivity contribution is 5.89. The number of nitrogens with zero attached hydrogens (tertiary/aromatic N) is 20. The standard InChI is InChI=1S/C82H141N23O32/c1-86(66(110)43-90-7-15-94(47-70(114)115)23-31-102(55-78(130)131)32-24-95(16-8-90)48-71(116)117)39-62(106)5-6-82(59-83-63(107)40-87(2)67(111)44-91-9-17-96(49-72(118)119)25-33-103(56-79(132)133)34-26-97(18-10-91)50-73(120)121,60-84-64(108)41-88(3)68(112)45-92-11-19-98(51-74(122)123)27-35-104(57-80(134)135)36-28-99(20-12-92)52-75(124)125)61-85-65(109)42-89(4)69(113)46-93-13-21-100(53-76(126)127)29-37-105(58-81(136)137)38-30-101(22-14-93)54-77(128)129/h5-61H2,1-4H3,(H,83,107)(H,84,108)(H,85,109)(H,114,115)(H,116,117)(H,118,119)(H,120,121)(H,122,123)(H,124,125)(H,126,127)(H,128,129)(H,130,131)(H,132,133)(H,134,135)(H,136,137). The summed E-state index contributed by atoms with van der Waals surface area (Å²) in [5.41, 5.74) is -1.75. The van der Waals surface area contributed by atoms with Gasteiger partial charge in [0.25, 0.3) is 0 Å². The van der Waals surface area contributed by atoms with E-state index >= 15 is 0 Å². The second-order valence-electron chi connectivity index (χ2n) is 35.0. The molecule has 0 spiro atoms. The van der Waals surface area contributed by atoms with Gasteiger partial charge in [0, 0.05) is 269 Å². The first kappa shape index (κ1) is 118. The van der Waals surface area contributed by atoms with Gasteiger partial charge in [-0.15, -0.1) is 0 Å². The van der Waals surface area contributed by atoms with Gasteiger partial charge in [-0.1, -0.05) is 0 Å². The number of ketones is 1. The Hall–Kier alpha value is -11.0. The van der Waals surface area contributed by atoms with Crippen molar-refractivity contribution in [3.05, 3.63) is 0 Å². The van der Waals surface area contributed by atoms with Crippen LogP contribution in [0.5, 0.6) is 0 Å². The van der Waals surface area contributed by atoms with E-state index in [1.54, 1.807) is 49.0 Å². The largest absolute Gasteiger partial charge is 0.480 e. The Balaban J connectivity index is 1.82. The molecule has 7 amide bonds. The molecule has 0 atom stereocenters. The number of carbonyl (C=O) groups excluding carboxylic acids is 8. The molecule has 0 aromatic rings. The van der Waals surface area contributed by atoms with Crippen molar-refractivity contribution in [1.82, 2.24) is 114 Å². The number of hydrogen-bond donors (Lipinski definition) is 15. The predicted molar refractivity (Wildman–Crippen MR) is 481 cm³/mol. The Labute approximate surface area is 793 Å². The van der Waals surface area contributed by atoms with E-state index in [2.05, 4.69) is 16.0 Å². The molecule has 0 aromatic carbocycles. The van der Waals surface area contributed by atoms with Gasteiger partial charge in [0.15, 0.2) is 5.78 Å². The van der Waals surface area contributed by atoms with Gasteiger partial charge in [-0.25, -0.2) is 0 Å². The van der Waals surface area contributed by atoms with Gasteiger partial charge in [0.1, 0.15) is 0 Å². The highest BCUT2D eigenvalue weighted by Gasteiger charge is 2.37. The van der Waals surface area contributed by atoms with E-state index in [4.69, 9.17) is 0 Å². The number of carboxylic acids is 12. The summed E-state index contributed by atoms with van der Waals surface area (Å²) in [7, 11) is 5.15. The van der Waals surface area contributed by atoms with Gasteiger partial charge in [0.2, 0.25) is 41.4 Å². The van der Waals surface area contributed by atoms with Crippen LogP contribution in [0.4, 0.5) is 0 Å². The smallest absolute Gasteiger partial charge is 0.317 e. The molecule has 4 heterocycles. The molecule has 15 N–H and O–H groups in total. The molecule has 55 heteroatoms. The maximum Gasteiger partial charge on any atom is 0.317 e. The van der Waals surface area contributed by atoms with E-state index in [1.165, 1.54) is 57.6 Å². The van der Waals surface area contributed by atoms with Crippen LogP contribution in [-0.4, -0.2) is 666 Å². The van der Waals surface area contributed by atoms with Gasteiger partial charge in [-0.2, -0.15) is 0 Å². The summed E-state index contributed by atoms with van der Waals surface area (Å²) in [6.07, 6.45) is -0.926. The van der Waals surface area contributed by atoms with Gasteiger partial charge in [0.05, 0.1) is 131 Å². The number of hydrogen-bond acceptors (Lipinski definition) is 36. The van der Waals surface area contributed by atoms with Crippen molar-refractivity contribution in [3.8, 4) is 0 Å². The van der Waals surface area contributed by atoms with Crippen LogP contribution in [0, 0.1) is 5.41 Å². The molecule has 4 rings (SSSR count). The SMILES string of the molecule is CN(CC(=O)CCC(CNC(=O)CN(C)C(=O)CN1CCN(CC(=O)O)CCN(CC(=O)O)CCN(CC(=O)O)CC1)(CNC(=O)CN(C)C(=O)CN1CCN(CC(=O)O)CCN(CC(=O)O)CCN(CC(=O)O)CC1)CNC(=O)CN(C)C(=O)CN1CCN(CC(=O)O)CCN(CC(=O)O)CCN(CC(=O)O)CC1)C(=O)CN1CCN(CC(=O)O)CCN(CC(=O)O)CCN(CC(=O)O)CC1. The average molecular weight is 1960 g/mol. The first-order valence-corrected chi connectivity index (χ1v) is 45.0. The average Bonchev–Trinajstić information content (AvgIpc) is 0.843. The minimum Gasteiger partial charge on any atom is -0.480 e. The molecule has 55 nitrogen and oxygen atoms in total. The van der Waals surface area contributed by atoms with Crippen molar-refractivity contribution in [1.29, 1.82) is 0 Å². The van der Waals surface area contributed by atoms with Crippen LogP contribution in [0.3, 0.4) is 0 Å². The number of aliphatic carboxylic acids is 12. The summed E-state index contributed by atoms with van der Waals surface area (Å²) < 4.78 is 0. The normalized spacial score (nSPS) is 18.3. The van der Waals surface area contributed by atoms with Crippen LogP contribution < -0.4 is 16.0 Å². The van der Waals surface area contributed by atoms with Crippen molar-refractivity contribution >= 4 is 119 Å². The number of likely N-dealkylation sites (N-methyl/N-ethyl adjacent to an activating group) is 4. The topological polar surface area (TPSA) is 685 Å².